The third kappa shape index (κ3) is 2.96. The van der Waals surface area contributed by atoms with E-state index in [1.54, 1.807) is 0 Å². The zero-order valence-electron chi connectivity index (χ0n) is 13.6. The van der Waals surface area contributed by atoms with E-state index in [2.05, 4.69) is 43.0 Å². The maximum Gasteiger partial charge on any atom is 0.0401 e. The number of nitrogens with two attached hydrogens (primary N) is 1. The van der Waals surface area contributed by atoms with Crippen LogP contribution in [0.4, 0.5) is 5.69 Å². The van der Waals surface area contributed by atoms with Gasteiger partial charge in [0.05, 0.1) is 0 Å². The van der Waals surface area contributed by atoms with Crippen LogP contribution in [0.15, 0.2) is 24.3 Å². The summed E-state index contributed by atoms with van der Waals surface area (Å²) in [6.45, 7) is 6.75. The molecule has 3 rings (SSSR count). The molecule has 1 saturated carbocycles. The molecule has 0 aromatic heterocycles. The van der Waals surface area contributed by atoms with Crippen molar-refractivity contribution in [1.82, 2.24) is 0 Å². The number of anilines is 1. The number of hydrogen-bond donors (Lipinski definition) is 1. The maximum atomic E-state index is 6.24. The minimum atomic E-state index is 0.339. The summed E-state index contributed by atoms with van der Waals surface area (Å²) in [6.07, 6.45) is 7.79. The lowest BCUT2D eigenvalue weighted by molar-refractivity contribution is 0.165. The molecule has 1 aliphatic carbocycles. The van der Waals surface area contributed by atoms with Crippen LogP contribution in [-0.2, 0) is 6.42 Å². The predicted molar refractivity (Wildman–Crippen MR) is 90.7 cm³/mol. The summed E-state index contributed by atoms with van der Waals surface area (Å²) >= 11 is 0. The number of benzene rings is 1. The van der Waals surface area contributed by atoms with Crippen molar-refractivity contribution >= 4 is 5.69 Å². The summed E-state index contributed by atoms with van der Waals surface area (Å²) in [5.41, 5.74) is 9.56. The molecule has 1 heterocycles. The standard InChI is InChI=1S/C19H30N2/c1-15-9-11-19(13-20,12-10-15)14-21-16(2)7-8-17-5-3-4-6-18(17)21/h3-6,15-16H,7-14,20H2,1-2H3. The minimum Gasteiger partial charge on any atom is -0.368 e. The van der Waals surface area contributed by atoms with Crippen LogP contribution in [0.3, 0.4) is 0 Å². The lowest BCUT2D eigenvalue weighted by atomic mass is 9.70. The molecule has 1 fully saturated rings. The Labute approximate surface area is 129 Å². The molecule has 2 heteroatoms. The third-order valence-electron chi connectivity index (χ3n) is 5.94. The van der Waals surface area contributed by atoms with Crippen LogP contribution in [0.5, 0.6) is 0 Å². The highest BCUT2D eigenvalue weighted by atomic mass is 15.2. The van der Waals surface area contributed by atoms with E-state index in [1.807, 2.05) is 0 Å². The van der Waals surface area contributed by atoms with E-state index in [0.29, 0.717) is 11.5 Å². The molecule has 2 N–H and O–H groups in total. The van der Waals surface area contributed by atoms with Gasteiger partial charge in [-0.1, -0.05) is 38.0 Å². The van der Waals surface area contributed by atoms with Crippen LogP contribution in [0.25, 0.3) is 0 Å². The topological polar surface area (TPSA) is 29.3 Å². The van der Waals surface area contributed by atoms with Gasteiger partial charge in [-0.3, -0.25) is 0 Å². The van der Waals surface area contributed by atoms with Crippen LogP contribution in [0.1, 0.15) is 51.5 Å². The Morgan fingerprint density at radius 1 is 1.14 bits per heavy atom. The highest BCUT2D eigenvalue weighted by molar-refractivity contribution is 5.56. The lowest BCUT2D eigenvalue weighted by Gasteiger charge is -2.46. The van der Waals surface area contributed by atoms with Gasteiger partial charge in [0.15, 0.2) is 0 Å². The molecule has 21 heavy (non-hydrogen) atoms. The van der Waals surface area contributed by atoms with Crippen molar-refractivity contribution in [3.8, 4) is 0 Å². The third-order valence-corrected chi connectivity index (χ3v) is 5.94. The van der Waals surface area contributed by atoms with Crippen molar-refractivity contribution in [3.05, 3.63) is 29.8 Å². The van der Waals surface area contributed by atoms with Gasteiger partial charge in [0, 0.05) is 23.7 Å². The second-order valence-electron chi connectivity index (χ2n) is 7.53. The molecule has 1 aliphatic heterocycles. The van der Waals surface area contributed by atoms with Crippen LogP contribution in [0, 0.1) is 11.3 Å². The lowest BCUT2D eigenvalue weighted by Crippen LogP contribution is -2.49. The Hall–Kier alpha value is -1.02. The molecule has 1 aromatic carbocycles. The fourth-order valence-corrected chi connectivity index (χ4v) is 4.16. The molecule has 1 unspecified atom stereocenters. The summed E-state index contributed by atoms with van der Waals surface area (Å²) < 4.78 is 0. The average Bonchev–Trinajstić information content (AvgIpc) is 2.52. The number of aryl methyl sites for hydroxylation is 1. The Morgan fingerprint density at radius 2 is 1.86 bits per heavy atom. The molecule has 2 aliphatic rings. The molecular weight excluding hydrogens is 256 g/mol. The smallest absolute Gasteiger partial charge is 0.0401 e. The van der Waals surface area contributed by atoms with Gasteiger partial charge in [0.25, 0.3) is 0 Å². The first-order chi connectivity index (χ1) is 10.1. The van der Waals surface area contributed by atoms with E-state index in [1.165, 1.54) is 49.8 Å². The van der Waals surface area contributed by atoms with Gasteiger partial charge in [-0.15, -0.1) is 0 Å². The minimum absolute atomic E-state index is 0.339. The van der Waals surface area contributed by atoms with Crippen LogP contribution < -0.4 is 10.6 Å². The highest BCUT2D eigenvalue weighted by Gasteiger charge is 2.37. The van der Waals surface area contributed by atoms with E-state index >= 15 is 0 Å². The van der Waals surface area contributed by atoms with E-state index in [4.69, 9.17) is 5.73 Å². The number of nitrogens with zero attached hydrogens (tertiary/aromatic N) is 1. The first-order valence-corrected chi connectivity index (χ1v) is 8.68. The Bertz CT molecular complexity index is 474. The normalized spacial score (nSPS) is 32.8. The van der Waals surface area contributed by atoms with Crippen molar-refractivity contribution in [2.45, 2.75) is 58.4 Å². The molecule has 116 valence electrons. The fourth-order valence-electron chi connectivity index (χ4n) is 4.16. The van der Waals surface area contributed by atoms with E-state index in [0.717, 1.165) is 19.0 Å². The molecule has 0 amide bonds. The molecule has 0 radical (unpaired) electrons. The van der Waals surface area contributed by atoms with E-state index in [-0.39, 0.29) is 0 Å². The van der Waals surface area contributed by atoms with Crippen molar-refractivity contribution in [1.29, 1.82) is 0 Å². The predicted octanol–water partition coefficient (Wildman–Crippen LogP) is 3.98. The molecule has 0 saturated heterocycles. The first kappa shape index (κ1) is 14.9. The van der Waals surface area contributed by atoms with Gasteiger partial charge < -0.3 is 10.6 Å². The summed E-state index contributed by atoms with van der Waals surface area (Å²) in [5.74, 6) is 0.885. The van der Waals surface area contributed by atoms with Crippen molar-refractivity contribution in [2.24, 2.45) is 17.1 Å². The number of hydrogen-bond acceptors (Lipinski definition) is 2. The zero-order chi connectivity index (χ0) is 14.9. The highest BCUT2D eigenvalue weighted by Crippen LogP contribution is 2.41. The first-order valence-electron chi connectivity index (χ1n) is 8.68. The second kappa shape index (κ2) is 6.00. The quantitative estimate of drug-likeness (QED) is 0.910. The fraction of sp³-hybridized carbons (Fsp3) is 0.684. The molecular formula is C19H30N2. The van der Waals surface area contributed by atoms with Gasteiger partial charge in [-0.25, -0.2) is 0 Å². The van der Waals surface area contributed by atoms with Crippen molar-refractivity contribution in [2.75, 3.05) is 18.0 Å². The Kier molecular flexibility index (Phi) is 4.26. The van der Waals surface area contributed by atoms with Crippen molar-refractivity contribution in [3.63, 3.8) is 0 Å². The summed E-state index contributed by atoms with van der Waals surface area (Å²) in [5, 5.41) is 0. The van der Waals surface area contributed by atoms with Gasteiger partial charge in [0.1, 0.15) is 0 Å². The Morgan fingerprint density at radius 3 is 2.57 bits per heavy atom. The number of para-hydroxylation sites is 1. The van der Waals surface area contributed by atoms with Crippen LogP contribution in [-0.4, -0.2) is 19.1 Å². The van der Waals surface area contributed by atoms with E-state index < -0.39 is 0 Å². The molecule has 0 bridgehead atoms. The van der Waals surface area contributed by atoms with Gasteiger partial charge in [0.2, 0.25) is 0 Å². The molecule has 0 spiro atoms. The van der Waals surface area contributed by atoms with Gasteiger partial charge >= 0.3 is 0 Å². The average molecular weight is 286 g/mol. The van der Waals surface area contributed by atoms with Crippen LogP contribution in [0.2, 0.25) is 0 Å². The van der Waals surface area contributed by atoms with Gasteiger partial charge in [-0.05, 0) is 56.7 Å². The summed E-state index contributed by atoms with van der Waals surface area (Å²) in [7, 11) is 0. The summed E-state index contributed by atoms with van der Waals surface area (Å²) in [6, 6.07) is 9.60. The van der Waals surface area contributed by atoms with Crippen molar-refractivity contribution < 1.29 is 0 Å². The SMILES string of the molecule is CC1CCC(CN)(CN2c3ccccc3CCC2C)CC1. The number of fused-ring (bicyclic) bond motifs is 1. The Balaban J connectivity index is 1.82. The molecule has 1 atom stereocenters. The van der Waals surface area contributed by atoms with E-state index in [9.17, 15) is 0 Å². The monoisotopic (exact) mass is 286 g/mol. The van der Waals surface area contributed by atoms with Gasteiger partial charge in [-0.2, -0.15) is 0 Å². The second-order valence-corrected chi connectivity index (χ2v) is 7.53. The van der Waals surface area contributed by atoms with Crippen LogP contribution >= 0.6 is 0 Å². The maximum absolute atomic E-state index is 6.24. The largest absolute Gasteiger partial charge is 0.368 e. The summed E-state index contributed by atoms with van der Waals surface area (Å²) in [4.78, 5) is 2.65. The molecule has 2 nitrogen and oxygen atoms in total. The molecule has 1 aromatic rings. The zero-order valence-corrected chi connectivity index (χ0v) is 13.6. The number of rotatable bonds is 3.